The minimum absolute atomic E-state index is 0.0641. The van der Waals surface area contributed by atoms with E-state index in [-0.39, 0.29) is 41.4 Å². The number of likely N-dealkylation sites (N-methyl/N-ethyl adjacent to an activating group) is 1. The van der Waals surface area contributed by atoms with Crippen LogP contribution in [0, 0.1) is 17.3 Å². The van der Waals surface area contributed by atoms with Crippen molar-refractivity contribution in [1.82, 2.24) is 34.5 Å². The van der Waals surface area contributed by atoms with E-state index < -0.39 is 17.4 Å². The molecule has 3 amide bonds. The standard InChI is InChI=1S/C49H65ClN8O4/c1-31-43(55(4)48(19-6-5-7-20-48)49(31)37-14-11-35(50)27-38(37)52-45(49)61)32(2)51-36-12-8-34(9-13-36)28-56-24-21-47(22-25-56)29-57(30-47)23-18-33-10-15-39-41(26-33)54(3)46(62)58(39)40-16-17-42(59)53-44(40)60/h10-11,14-15,26-27,31,34,36,40,43,51H,2,5-9,12-13,16-25,28-30H2,1,3-4H3,(H,52,61)(H,53,59,60)/t31?,34-,36-,40?,43-,49+/m1/s1. The number of anilines is 1. The summed E-state index contributed by atoms with van der Waals surface area (Å²) in [7, 11) is 4.02. The highest BCUT2D eigenvalue weighted by Gasteiger charge is 2.72. The van der Waals surface area contributed by atoms with Gasteiger partial charge in [0.15, 0.2) is 0 Å². The number of nitrogens with one attached hydrogen (secondary N) is 3. The Kier molecular flexibility index (Phi) is 10.8. The van der Waals surface area contributed by atoms with Crippen LogP contribution in [0.2, 0.25) is 5.02 Å². The number of halogens is 1. The van der Waals surface area contributed by atoms with E-state index in [0.29, 0.717) is 22.9 Å². The lowest BCUT2D eigenvalue weighted by atomic mass is 9.57. The van der Waals surface area contributed by atoms with Gasteiger partial charge in [-0.2, -0.15) is 0 Å². The fraction of sp³-hybridized carbons (Fsp3) is 0.633. The van der Waals surface area contributed by atoms with Crippen molar-refractivity contribution in [1.29, 1.82) is 0 Å². The molecule has 1 aromatic heterocycles. The number of carbonyl (C=O) groups excluding carboxylic acids is 3. The highest BCUT2D eigenvalue weighted by molar-refractivity contribution is 6.31. The Morgan fingerprint density at radius 2 is 1.61 bits per heavy atom. The Bertz CT molecular complexity index is 2340. The predicted molar refractivity (Wildman–Crippen MR) is 243 cm³/mol. The van der Waals surface area contributed by atoms with Gasteiger partial charge < -0.3 is 20.4 Å². The van der Waals surface area contributed by atoms with Crippen LogP contribution in [-0.4, -0.2) is 105 Å². The van der Waals surface area contributed by atoms with Crippen LogP contribution in [0.15, 0.2) is 53.5 Å². The molecule has 332 valence electrons. The van der Waals surface area contributed by atoms with E-state index in [2.05, 4.69) is 62.8 Å². The van der Waals surface area contributed by atoms with Gasteiger partial charge in [-0.05, 0) is 137 Å². The minimum atomic E-state index is -0.663. The molecule has 10 rings (SSSR count). The summed E-state index contributed by atoms with van der Waals surface area (Å²) in [6.07, 6.45) is 14.4. The average Bonchev–Trinajstić information content (AvgIpc) is 3.75. The molecule has 6 fully saturated rings. The van der Waals surface area contributed by atoms with Crippen molar-refractivity contribution in [2.24, 2.45) is 24.3 Å². The minimum Gasteiger partial charge on any atom is -0.385 e. The maximum Gasteiger partial charge on any atom is 0.329 e. The average molecular weight is 866 g/mol. The molecule has 13 heteroatoms. The second kappa shape index (κ2) is 15.9. The number of aryl methyl sites for hydroxylation is 1. The Hall–Kier alpha value is -3.97. The van der Waals surface area contributed by atoms with Gasteiger partial charge in [-0.3, -0.25) is 33.7 Å². The molecule has 0 bridgehead atoms. The number of piperidine rings is 2. The molecule has 2 saturated carbocycles. The van der Waals surface area contributed by atoms with Crippen molar-refractivity contribution in [3.8, 4) is 0 Å². The number of imide groups is 1. The molecular formula is C49H65ClN8O4. The van der Waals surface area contributed by atoms with Crippen LogP contribution in [0.3, 0.4) is 0 Å². The number of benzene rings is 2. The zero-order chi connectivity index (χ0) is 43.1. The summed E-state index contributed by atoms with van der Waals surface area (Å²) in [5.74, 6) is 0.250. The van der Waals surface area contributed by atoms with Gasteiger partial charge in [-0.15, -0.1) is 0 Å². The van der Waals surface area contributed by atoms with E-state index in [4.69, 9.17) is 18.2 Å². The number of imidazole rings is 1. The molecule has 5 aliphatic heterocycles. The first-order chi connectivity index (χ1) is 29.8. The Balaban J connectivity index is 0.688. The number of hydrogen-bond acceptors (Lipinski definition) is 8. The summed E-state index contributed by atoms with van der Waals surface area (Å²) < 4.78 is 3.18. The summed E-state index contributed by atoms with van der Waals surface area (Å²) in [5, 5.41) is 10.3. The molecule has 2 aromatic carbocycles. The molecule has 3 N–H and O–H groups in total. The number of likely N-dealkylation sites (tertiary alicyclic amines) is 3. The lowest BCUT2D eigenvalue weighted by molar-refractivity contribution is -0.135. The second-order valence-electron chi connectivity index (χ2n) is 20.5. The number of rotatable bonds is 9. The van der Waals surface area contributed by atoms with Crippen LogP contribution < -0.4 is 21.6 Å². The highest BCUT2D eigenvalue weighted by atomic mass is 35.5. The number of carbonyl (C=O) groups is 3. The Morgan fingerprint density at radius 3 is 2.34 bits per heavy atom. The zero-order valence-electron chi connectivity index (χ0n) is 36.9. The molecule has 62 heavy (non-hydrogen) atoms. The van der Waals surface area contributed by atoms with Gasteiger partial charge in [0.05, 0.1) is 22.5 Å². The smallest absolute Gasteiger partial charge is 0.329 e. The van der Waals surface area contributed by atoms with Gasteiger partial charge >= 0.3 is 5.69 Å². The van der Waals surface area contributed by atoms with Gasteiger partial charge in [0.2, 0.25) is 17.7 Å². The lowest BCUT2D eigenvalue weighted by Gasteiger charge is -2.54. The van der Waals surface area contributed by atoms with Crippen LogP contribution >= 0.6 is 11.6 Å². The van der Waals surface area contributed by atoms with Crippen LogP contribution in [0.5, 0.6) is 0 Å². The SMILES string of the molecule is C=C(N[C@H]1CC[C@H](CN2CCC3(CC2)CN(CCc2ccc4c(c2)n(C)c(=O)n4C2CCC(=O)NC2=O)C3)CC1)[C@H]1C(C)[C@]2(C(=O)Nc3cc(Cl)ccc32)C2(CCCCC2)N1C. The molecular weight excluding hydrogens is 800 g/mol. The quantitative estimate of drug-likeness (QED) is 0.220. The zero-order valence-corrected chi connectivity index (χ0v) is 37.7. The van der Waals surface area contributed by atoms with E-state index >= 15 is 0 Å². The molecule has 0 radical (unpaired) electrons. The first-order valence-corrected chi connectivity index (χ1v) is 24.0. The molecule has 7 aliphatic rings. The van der Waals surface area contributed by atoms with Gasteiger partial charge in [0.25, 0.3) is 0 Å². The third-order valence-electron chi connectivity index (χ3n) is 17.2. The maximum atomic E-state index is 14.3. The van der Waals surface area contributed by atoms with E-state index in [1.54, 1.807) is 16.2 Å². The summed E-state index contributed by atoms with van der Waals surface area (Å²) in [4.78, 5) is 59.7. The fourth-order valence-electron chi connectivity index (χ4n) is 14.1. The lowest BCUT2D eigenvalue weighted by Crippen LogP contribution is -2.60. The molecule has 2 unspecified atom stereocenters. The Labute approximate surface area is 370 Å². The van der Waals surface area contributed by atoms with Gasteiger partial charge in [-0.1, -0.05) is 56.5 Å². The van der Waals surface area contributed by atoms with Gasteiger partial charge in [-0.25, -0.2) is 4.79 Å². The largest absolute Gasteiger partial charge is 0.385 e. The topological polar surface area (TPSA) is 124 Å². The van der Waals surface area contributed by atoms with E-state index in [1.807, 2.05) is 18.2 Å². The summed E-state index contributed by atoms with van der Waals surface area (Å²) in [5.41, 5.74) is 5.17. The predicted octanol–water partition coefficient (Wildman–Crippen LogP) is 6.12. The number of aromatic nitrogens is 2. The van der Waals surface area contributed by atoms with Crippen molar-refractivity contribution in [3.05, 3.63) is 75.3 Å². The number of amides is 3. The molecule has 4 saturated heterocycles. The first kappa shape index (κ1) is 42.0. The van der Waals surface area contributed by atoms with E-state index in [9.17, 15) is 19.2 Å². The van der Waals surface area contributed by atoms with Crippen LogP contribution in [0.25, 0.3) is 11.0 Å². The van der Waals surface area contributed by atoms with Crippen molar-refractivity contribution in [2.75, 3.05) is 51.6 Å². The first-order valence-electron chi connectivity index (χ1n) is 23.6. The molecule has 3 aromatic rings. The van der Waals surface area contributed by atoms with Gasteiger partial charge in [0.1, 0.15) is 6.04 Å². The molecule has 12 nitrogen and oxygen atoms in total. The van der Waals surface area contributed by atoms with Crippen LogP contribution in [0.4, 0.5) is 5.69 Å². The van der Waals surface area contributed by atoms with Gasteiger partial charge in [0, 0.05) is 67.6 Å². The normalized spacial score (nSPS) is 31.1. The molecule has 2 aliphatic carbocycles. The number of fused-ring (bicyclic) bond motifs is 4. The van der Waals surface area contributed by atoms with Crippen molar-refractivity contribution in [3.63, 3.8) is 0 Å². The summed E-state index contributed by atoms with van der Waals surface area (Å²) in [6, 6.07) is 12.0. The van der Waals surface area contributed by atoms with Crippen LogP contribution in [0.1, 0.15) is 108 Å². The summed E-state index contributed by atoms with van der Waals surface area (Å²) >= 11 is 6.44. The second-order valence-corrected chi connectivity index (χ2v) is 21.0. The molecule has 6 heterocycles. The summed E-state index contributed by atoms with van der Waals surface area (Å²) in [6.45, 7) is 13.9. The molecule has 3 spiro atoms. The highest BCUT2D eigenvalue weighted by Crippen LogP contribution is 2.63. The van der Waals surface area contributed by atoms with Crippen molar-refractivity contribution in [2.45, 2.75) is 126 Å². The molecule has 4 atom stereocenters. The monoisotopic (exact) mass is 864 g/mol. The third kappa shape index (κ3) is 6.71. The number of hydrogen-bond donors (Lipinski definition) is 3. The van der Waals surface area contributed by atoms with Crippen LogP contribution in [-0.2, 0) is 33.3 Å². The third-order valence-corrected chi connectivity index (χ3v) is 17.4. The maximum absolute atomic E-state index is 14.3. The van der Waals surface area contributed by atoms with E-state index in [0.717, 1.165) is 98.5 Å². The van der Waals surface area contributed by atoms with Crippen molar-refractivity contribution >= 4 is 46.0 Å². The van der Waals surface area contributed by atoms with Crippen molar-refractivity contribution < 1.29 is 14.4 Å². The Morgan fingerprint density at radius 1 is 0.871 bits per heavy atom. The van der Waals surface area contributed by atoms with E-state index in [1.165, 1.54) is 57.3 Å². The number of nitrogens with zero attached hydrogens (tertiary/aromatic N) is 5. The fourth-order valence-corrected chi connectivity index (χ4v) is 14.2.